The quantitative estimate of drug-likeness (QED) is 0.776. The minimum atomic E-state index is -0.645. The summed E-state index contributed by atoms with van der Waals surface area (Å²) >= 11 is 0. The molecule has 98 valence electrons. The van der Waals surface area contributed by atoms with Gasteiger partial charge in [0.05, 0.1) is 11.6 Å². The van der Waals surface area contributed by atoms with Crippen LogP contribution < -0.4 is 10.6 Å². The second kappa shape index (κ2) is 4.20. The van der Waals surface area contributed by atoms with Crippen LogP contribution >= 0.6 is 0 Å². The van der Waals surface area contributed by atoms with Gasteiger partial charge in [0.1, 0.15) is 5.82 Å². The molecule has 3 N–H and O–H groups in total. The maximum atomic E-state index is 12.5. The summed E-state index contributed by atoms with van der Waals surface area (Å²) in [6.45, 7) is 5.97. The maximum absolute atomic E-state index is 12.5. The number of hydrogen-bond acceptors (Lipinski definition) is 4. The van der Waals surface area contributed by atoms with Crippen molar-refractivity contribution in [3.05, 3.63) is 11.8 Å². The molecule has 1 unspecified atom stereocenters. The van der Waals surface area contributed by atoms with Crippen LogP contribution in [0.2, 0.25) is 0 Å². The van der Waals surface area contributed by atoms with Crippen molar-refractivity contribution in [3.63, 3.8) is 0 Å². The second-order valence-corrected chi connectivity index (χ2v) is 5.23. The first kappa shape index (κ1) is 12.8. The highest BCUT2D eigenvalue weighted by molar-refractivity contribution is 6.22. The predicted octanol–water partition coefficient (Wildman–Crippen LogP) is 0.794. The van der Waals surface area contributed by atoms with E-state index in [9.17, 15) is 9.59 Å². The highest BCUT2D eigenvalue weighted by Gasteiger charge is 2.51. The summed E-state index contributed by atoms with van der Waals surface area (Å²) in [5, 5.41) is 6.54. The number of carbonyl (C=O) groups excluding carboxylic acids is 2. The van der Waals surface area contributed by atoms with E-state index >= 15 is 0 Å². The van der Waals surface area contributed by atoms with Crippen molar-refractivity contribution >= 4 is 17.6 Å². The van der Waals surface area contributed by atoms with Crippen LogP contribution in [0, 0.1) is 11.3 Å². The fourth-order valence-corrected chi connectivity index (χ4v) is 2.16. The molecular weight excluding hydrogens is 232 g/mol. The van der Waals surface area contributed by atoms with Crippen molar-refractivity contribution in [1.29, 1.82) is 0 Å². The van der Waals surface area contributed by atoms with E-state index in [0.29, 0.717) is 11.4 Å². The van der Waals surface area contributed by atoms with E-state index in [2.05, 4.69) is 10.2 Å². The molecule has 0 bridgehead atoms. The topological polar surface area (TPSA) is 92.1 Å². The number of amides is 2. The fraction of sp³-hybridized carbons (Fsp3) is 0.583. The highest BCUT2D eigenvalue weighted by atomic mass is 16.2. The van der Waals surface area contributed by atoms with Crippen LogP contribution in [0.25, 0.3) is 0 Å². The molecule has 1 aromatic rings. The molecule has 2 amide bonds. The SMILES string of the molecule is CC(C)C1(C)CC(=O)N(c2[nH]ncc2CN)C1=O. The normalized spacial score (nSPS) is 24.4. The van der Waals surface area contributed by atoms with Gasteiger partial charge in [-0.05, 0) is 12.8 Å². The Morgan fingerprint density at radius 2 is 2.22 bits per heavy atom. The number of nitrogens with one attached hydrogen (secondary N) is 1. The van der Waals surface area contributed by atoms with Crippen LogP contribution in [0.5, 0.6) is 0 Å². The van der Waals surface area contributed by atoms with Crippen LogP contribution in [-0.2, 0) is 16.1 Å². The molecule has 0 radical (unpaired) electrons. The van der Waals surface area contributed by atoms with Crippen LogP contribution in [-0.4, -0.2) is 22.0 Å². The molecule has 1 aromatic heterocycles. The van der Waals surface area contributed by atoms with Crippen LogP contribution in [0.15, 0.2) is 6.20 Å². The third kappa shape index (κ3) is 1.64. The first-order valence-electron chi connectivity index (χ1n) is 6.01. The molecule has 6 heteroatoms. The van der Waals surface area contributed by atoms with Gasteiger partial charge in [-0.3, -0.25) is 14.7 Å². The Kier molecular flexibility index (Phi) is 2.98. The minimum absolute atomic E-state index is 0.100. The van der Waals surface area contributed by atoms with E-state index in [4.69, 9.17) is 5.73 Å². The van der Waals surface area contributed by atoms with Crippen LogP contribution in [0.3, 0.4) is 0 Å². The third-order valence-corrected chi connectivity index (χ3v) is 3.87. The number of nitrogens with zero attached hydrogens (tertiary/aromatic N) is 2. The molecule has 1 atom stereocenters. The number of aromatic nitrogens is 2. The maximum Gasteiger partial charge on any atom is 0.241 e. The lowest BCUT2D eigenvalue weighted by molar-refractivity contribution is -0.126. The van der Waals surface area contributed by atoms with Crippen molar-refractivity contribution < 1.29 is 9.59 Å². The summed E-state index contributed by atoms with van der Waals surface area (Å²) in [7, 11) is 0. The average molecular weight is 250 g/mol. The molecule has 1 aliphatic heterocycles. The van der Waals surface area contributed by atoms with Gasteiger partial charge in [-0.2, -0.15) is 5.10 Å². The molecule has 18 heavy (non-hydrogen) atoms. The van der Waals surface area contributed by atoms with Gasteiger partial charge in [0, 0.05) is 18.5 Å². The van der Waals surface area contributed by atoms with Crippen LogP contribution in [0.4, 0.5) is 5.82 Å². The molecule has 1 aliphatic rings. The van der Waals surface area contributed by atoms with E-state index in [0.717, 1.165) is 0 Å². The van der Waals surface area contributed by atoms with Crippen molar-refractivity contribution in [3.8, 4) is 0 Å². The monoisotopic (exact) mass is 250 g/mol. The zero-order valence-corrected chi connectivity index (χ0v) is 10.9. The number of anilines is 1. The van der Waals surface area contributed by atoms with E-state index in [-0.39, 0.29) is 30.7 Å². The van der Waals surface area contributed by atoms with Crippen molar-refractivity contribution in [2.24, 2.45) is 17.1 Å². The number of rotatable bonds is 3. The number of hydrogen-bond donors (Lipinski definition) is 2. The molecule has 2 rings (SSSR count). The summed E-state index contributed by atoms with van der Waals surface area (Å²) in [5.41, 5.74) is 5.60. The minimum Gasteiger partial charge on any atom is -0.326 e. The number of imide groups is 1. The van der Waals surface area contributed by atoms with E-state index in [1.54, 1.807) is 6.20 Å². The molecular formula is C12H18N4O2. The summed E-state index contributed by atoms with van der Waals surface area (Å²) in [5.74, 6) is 0.136. The highest BCUT2D eigenvalue weighted by Crippen LogP contribution is 2.41. The number of carbonyl (C=O) groups is 2. The van der Waals surface area contributed by atoms with Crippen molar-refractivity contribution in [2.75, 3.05) is 4.90 Å². The van der Waals surface area contributed by atoms with Gasteiger partial charge in [0.15, 0.2) is 0 Å². The zero-order chi connectivity index (χ0) is 13.5. The van der Waals surface area contributed by atoms with Crippen molar-refractivity contribution in [2.45, 2.75) is 33.7 Å². The van der Waals surface area contributed by atoms with Gasteiger partial charge in [-0.1, -0.05) is 13.8 Å². The molecule has 0 aliphatic carbocycles. The molecule has 0 aromatic carbocycles. The average Bonchev–Trinajstić information content (AvgIpc) is 2.84. The predicted molar refractivity (Wildman–Crippen MR) is 66.5 cm³/mol. The lowest BCUT2D eigenvalue weighted by Crippen LogP contribution is -2.37. The van der Waals surface area contributed by atoms with E-state index in [1.807, 2.05) is 20.8 Å². The first-order valence-corrected chi connectivity index (χ1v) is 6.01. The largest absolute Gasteiger partial charge is 0.326 e. The standard InChI is InChI=1S/C12H18N4O2/c1-7(2)12(3)4-9(17)16(11(12)18)10-8(5-13)6-14-15-10/h6-7H,4-5,13H2,1-3H3,(H,14,15). The summed E-state index contributed by atoms with van der Waals surface area (Å²) < 4.78 is 0. The Labute approximate surface area is 106 Å². The number of aromatic amines is 1. The summed E-state index contributed by atoms with van der Waals surface area (Å²) in [6, 6.07) is 0. The van der Waals surface area contributed by atoms with Gasteiger partial charge in [0.25, 0.3) is 0 Å². The smallest absolute Gasteiger partial charge is 0.241 e. The molecule has 1 fully saturated rings. The first-order chi connectivity index (χ1) is 8.41. The lowest BCUT2D eigenvalue weighted by atomic mass is 9.78. The Morgan fingerprint density at radius 1 is 1.56 bits per heavy atom. The summed E-state index contributed by atoms with van der Waals surface area (Å²) in [6.07, 6.45) is 1.77. The fourth-order valence-electron chi connectivity index (χ4n) is 2.16. The molecule has 1 saturated heterocycles. The lowest BCUT2D eigenvalue weighted by Gasteiger charge is -2.25. The van der Waals surface area contributed by atoms with E-state index in [1.165, 1.54) is 4.90 Å². The molecule has 2 heterocycles. The van der Waals surface area contributed by atoms with Crippen LogP contribution in [0.1, 0.15) is 32.8 Å². The second-order valence-electron chi connectivity index (χ2n) is 5.23. The Morgan fingerprint density at radius 3 is 2.72 bits per heavy atom. The molecule has 0 saturated carbocycles. The third-order valence-electron chi connectivity index (χ3n) is 3.87. The summed E-state index contributed by atoms with van der Waals surface area (Å²) in [4.78, 5) is 25.7. The Hall–Kier alpha value is -1.69. The van der Waals surface area contributed by atoms with E-state index < -0.39 is 5.41 Å². The van der Waals surface area contributed by atoms with Gasteiger partial charge in [-0.15, -0.1) is 0 Å². The Balaban J connectivity index is 2.42. The molecule has 0 spiro atoms. The van der Waals surface area contributed by atoms with Gasteiger partial charge in [-0.25, -0.2) is 4.90 Å². The van der Waals surface area contributed by atoms with Crippen molar-refractivity contribution in [1.82, 2.24) is 10.2 Å². The van der Waals surface area contributed by atoms with Gasteiger partial charge >= 0.3 is 0 Å². The number of H-pyrrole nitrogens is 1. The zero-order valence-electron chi connectivity index (χ0n) is 10.9. The van der Waals surface area contributed by atoms with Gasteiger partial charge < -0.3 is 5.73 Å². The molecule has 6 nitrogen and oxygen atoms in total. The van der Waals surface area contributed by atoms with Gasteiger partial charge in [0.2, 0.25) is 11.8 Å². The Bertz CT molecular complexity index is 494. The number of nitrogens with two attached hydrogens (primary N) is 1.